The number of carbonyl (C=O) groups excluding carboxylic acids is 1. The molecule has 3 N–H and O–H groups in total. The highest BCUT2D eigenvalue weighted by Crippen LogP contribution is 2.14. The number of carboxylic acid groups (broad SMARTS) is 1. The van der Waals surface area contributed by atoms with Gasteiger partial charge in [0.25, 0.3) is 0 Å². The molecule has 1 aliphatic heterocycles. The van der Waals surface area contributed by atoms with E-state index in [1.54, 1.807) is 0 Å². The number of carboxylic acids is 1. The number of amides is 1. The molecule has 0 aromatic heterocycles. The van der Waals surface area contributed by atoms with E-state index in [9.17, 15) is 9.59 Å². The maximum Gasteiger partial charge on any atom is 0.303 e. The highest BCUT2D eigenvalue weighted by molar-refractivity contribution is 5.81. The Hall–Kier alpha value is -1.10. The van der Waals surface area contributed by atoms with Gasteiger partial charge in [0.2, 0.25) is 5.91 Å². The number of rotatable bonds is 8. The lowest BCUT2D eigenvalue weighted by atomic mass is 9.96. The minimum Gasteiger partial charge on any atom is -0.481 e. The molecule has 1 saturated heterocycles. The van der Waals surface area contributed by atoms with Crippen LogP contribution in [0.5, 0.6) is 0 Å². The maximum absolute atomic E-state index is 11.7. The summed E-state index contributed by atoms with van der Waals surface area (Å²) in [6.07, 6.45) is 4.73. The molecule has 1 aliphatic rings. The van der Waals surface area contributed by atoms with E-state index in [-0.39, 0.29) is 18.4 Å². The average Bonchev–Trinajstić information content (AvgIpc) is 2.86. The Kier molecular flexibility index (Phi) is 6.72. The molecule has 5 nitrogen and oxygen atoms in total. The van der Waals surface area contributed by atoms with Crippen molar-refractivity contribution in [3.63, 3.8) is 0 Å². The summed E-state index contributed by atoms with van der Waals surface area (Å²) >= 11 is 0. The quantitative estimate of drug-likeness (QED) is 0.608. The average molecular weight is 256 g/mol. The van der Waals surface area contributed by atoms with Gasteiger partial charge in [0.05, 0.1) is 6.04 Å². The summed E-state index contributed by atoms with van der Waals surface area (Å²) in [4.78, 5) is 22.2. The van der Waals surface area contributed by atoms with Gasteiger partial charge < -0.3 is 15.7 Å². The molecule has 2 atom stereocenters. The van der Waals surface area contributed by atoms with Crippen LogP contribution in [0.15, 0.2) is 0 Å². The number of carbonyl (C=O) groups is 2. The number of hydrogen-bond acceptors (Lipinski definition) is 3. The zero-order valence-corrected chi connectivity index (χ0v) is 11.1. The van der Waals surface area contributed by atoms with Crippen molar-refractivity contribution in [2.45, 2.75) is 51.5 Å². The van der Waals surface area contributed by atoms with Crippen molar-refractivity contribution in [2.24, 2.45) is 5.92 Å². The van der Waals surface area contributed by atoms with E-state index in [1.807, 2.05) is 0 Å². The molecule has 0 bridgehead atoms. The van der Waals surface area contributed by atoms with Gasteiger partial charge in [-0.3, -0.25) is 9.59 Å². The fraction of sp³-hybridized carbons (Fsp3) is 0.846. The normalized spacial score (nSPS) is 20.6. The molecule has 0 aromatic rings. The minimum atomic E-state index is -0.743. The Morgan fingerprint density at radius 3 is 2.78 bits per heavy atom. The first-order valence-electron chi connectivity index (χ1n) is 6.86. The van der Waals surface area contributed by atoms with Crippen molar-refractivity contribution in [2.75, 3.05) is 13.1 Å². The van der Waals surface area contributed by atoms with Crippen LogP contribution in [-0.4, -0.2) is 36.1 Å². The highest BCUT2D eigenvalue weighted by Gasteiger charge is 2.21. The predicted octanol–water partition coefficient (Wildman–Crippen LogP) is 1.14. The third kappa shape index (κ3) is 5.49. The van der Waals surface area contributed by atoms with E-state index < -0.39 is 5.97 Å². The van der Waals surface area contributed by atoms with Crippen molar-refractivity contribution < 1.29 is 14.7 Å². The van der Waals surface area contributed by atoms with Crippen LogP contribution >= 0.6 is 0 Å². The first kappa shape index (κ1) is 15.0. The molecule has 0 aliphatic carbocycles. The van der Waals surface area contributed by atoms with E-state index in [0.29, 0.717) is 18.9 Å². The van der Waals surface area contributed by atoms with Crippen molar-refractivity contribution in [3.05, 3.63) is 0 Å². The lowest BCUT2D eigenvalue weighted by molar-refractivity contribution is -0.137. The van der Waals surface area contributed by atoms with E-state index in [2.05, 4.69) is 17.6 Å². The predicted molar refractivity (Wildman–Crippen MR) is 69.3 cm³/mol. The van der Waals surface area contributed by atoms with Gasteiger partial charge in [-0.05, 0) is 38.1 Å². The molecule has 0 spiro atoms. The van der Waals surface area contributed by atoms with Gasteiger partial charge in [-0.25, -0.2) is 0 Å². The van der Waals surface area contributed by atoms with E-state index in [0.717, 1.165) is 32.2 Å². The first-order valence-corrected chi connectivity index (χ1v) is 6.86. The summed E-state index contributed by atoms with van der Waals surface area (Å²) in [5.41, 5.74) is 0. The van der Waals surface area contributed by atoms with E-state index >= 15 is 0 Å². The third-order valence-corrected chi connectivity index (χ3v) is 3.57. The van der Waals surface area contributed by atoms with Gasteiger partial charge in [-0.15, -0.1) is 0 Å². The summed E-state index contributed by atoms with van der Waals surface area (Å²) in [5.74, 6) is -0.272. The summed E-state index contributed by atoms with van der Waals surface area (Å²) in [5, 5.41) is 14.7. The van der Waals surface area contributed by atoms with E-state index in [4.69, 9.17) is 5.11 Å². The number of nitrogens with one attached hydrogen (secondary N) is 2. The lowest BCUT2D eigenvalue weighted by Crippen LogP contribution is -2.41. The standard InChI is InChI=1S/C13H24N2O3/c1-2-10(5-6-12(16)17)7-9-15-13(18)11-4-3-8-14-11/h10-11,14H,2-9H2,1H3,(H,15,18)(H,16,17). The van der Waals surface area contributed by atoms with Crippen molar-refractivity contribution >= 4 is 11.9 Å². The van der Waals surface area contributed by atoms with E-state index in [1.165, 1.54) is 0 Å². The van der Waals surface area contributed by atoms with Crippen molar-refractivity contribution in [1.82, 2.24) is 10.6 Å². The van der Waals surface area contributed by atoms with Gasteiger partial charge in [-0.1, -0.05) is 13.3 Å². The summed E-state index contributed by atoms with van der Waals surface area (Å²) < 4.78 is 0. The molecule has 1 amide bonds. The topological polar surface area (TPSA) is 78.4 Å². The van der Waals surface area contributed by atoms with Crippen LogP contribution in [-0.2, 0) is 9.59 Å². The second kappa shape index (κ2) is 8.08. The maximum atomic E-state index is 11.7. The first-order chi connectivity index (χ1) is 8.63. The fourth-order valence-electron chi connectivity index (χ4n) is 2.31. The Balaban J connectivity index is 2.14. The van der Waals surface area contributed by atoms with Gasteiger partial charge >= 0.3 is 5.97 Å². The molecule has 0 radical (unpaired) electrons. The number of aliphatic carboxylic acids is 1. The van der Waals surface area contributed by atoms with Gasteiger partial charge in [-0.2, -0.15) is 0 Å². The molecule has 1 rings (SSSR count). The Labute approximate surface area is 108 Å². The smallest absolute Gasteiger partial charge is 0.303 e. The Morgan fingerprint density at radius 1 is 1.44 bits per heavy atom. The molecular weight excluding hydrogens is 232 g/mol. The van der Waals surface area contributed by atoms with Crippen molar-refractivity contribution in [3.8, 4) is 0 Å². The van der Waals surface area contributed by atoms with Crippen LogP contribution in [0, 0.1) is 5.92 Å². The van der Waals surface area contributed by atoms with Crippen LogP contribution in [0.2, 0.25) is 0 Å². The van der Waals surface area contributed by atoms with Gasteiger partial charge in [0.15, 0.2) is 0 Å². The van der Waals surface area contributed by atoms with Crippen molar-refractivity contribution in [1.29, 1.82) is 0 Å². The molecule has 0 aromatic carbocycles. The minimum absolute atomic E-state index is 0.0240. The molecule has 18 heavy (non-hydrogen) atoms. The second-order valence-electron chi connectivity index (χ2n) is 4.94. The van der Waals surface area contributed by atoms with Crippen LogP contribution in [0.3, 0.4) is 0 Å². The van der Waals surface area contributed by atoms with Gasteiger partial charge in [0, 0.05) is 13.0 Å². The highest BCUT2D eigenvalue weighted by atomic mass is 16.4. The summed E-state index contributed by atoms with van der Waals surface area (Å²) in [6.45, 7) is 3.64. The molecular formula is C13H24N2O3. The van der Waals surface area contributed by atoms with Crippen LogP contribution in [0.1, 0.15) is 45.4 Å². The number of hydrogen-bond donors (Lipinski definition) is 3. The third-order valence-electron chi connectivity index (χ3n) is 3.57. The molecule has 0 saturated carbocycles. The Bertz CT molecular complexity index is 275. The van der Waals surface area contributed by atoms with Crippen LogP contribution < -0.4 is 10.6 Å². The molecule has 104 valence electrons. The van der Waals surface area contributed by atoms with Crippen LogP contribution in [0.25, 0.3) is 0 Å². The molecule has 1 heterocycles. The molecule has 5 heteroatoms. The fourth-order valence-corrected chi connectivity index (χ4v) is 2.31. The largest absolute Gasteiger partial charge is 0.481 e. The monoisotopic (exact) mass is 256 g/mol. The zero-order valence-electron chi connectivity index (χ0n) is 11.1. The molecule has 2 unspecified atom stereocenters. The van der Waals surface area contributed by atoms with Crippen LogP contribution in [0.4, 0.5) is 0 Å². The summed E-state index contributed by atoms with van der Waals surface area (Å²) in [6, 6.07) is -0.0240. The SMILES string of the molecule is CCC(CCNC(=O)C1CCCN1)CCC(=O)O. The Morgan fingerprint density at radius 2 is 2.22 bits per heavy atom. The van der Waals surface area contributed by atoms with Gasteiger partial charge in [0.1, 0.15) is 0 Å². The second-order valence-corrected chi connectivity index (χ2v) is 4.94. The lowest BCUT2D eigenvalue weighted by Gasteiger charge is -2.15. The zero-order chi connectivity index (χ0) is 13.4. The summed E-state index contributed by atoms with van der Waals surface area (Å²) in [7, 11) is 0. The molecule has 1 fully saturated rings.